The second-order valence-corrected chi connectivity index (χ2v) is 8.24. The van der Waals surface area contributed by atoms with Gasteiger partial charge in [0.2, 0.25) is 0 Å². The standard InChI is InChI=1S/C24H30N2O5/c1-16-8-6-11-19(17(16)2)25-22(27)15-31-24(29)20(14-18-9-4-3-5-10-18)26-23(28)21-12-7-13-30-21/h3-5,7,9-10,12-13,16-17,19-20H,6,8,11,14-15H2,1-2H3,(H,25,27)(H,26,28)/t16-,17+,19-,20+/m1/s1. The summed E-state index contributed by atoms with van der Waals surface area (Å²) >= 11 is 0. The van der Waals surface area contributed by atoms with Crippen molar-refractivity contribution in [3.63, 3.8) is 0 Å². The first kappa shape index (κ1) is 22.6. The van der Waals surface area contributed by atoms with Gasteiger partial charge in [-0.25, -0.2) is 4.79 Å². The first-order valence-electron chi connectivity index (χ1n) is 10.8. The second kappa shape index (κ2) is 10.8. The van der Waals surface area contributed by atoms with Crippen LogP contribution in [0.4, 0.5) is 0 Å². The molecular weight excluding hydrogens is 396 g/mol. The second-order valence-electron chi connectivity index (χ2n) is 8.24. The number of furan rings is 1. The largest absolute Gasteiger partial charge is 0.459 e. The third kappa shape index (κ3) is 6.44. The van der Waals surface area contributed by atoms with Crippen LogP contribution in [0.2, 0.25) is 0 Å². The number of benzene rings is 1. The van der Waals surface area contributed by atoms with Gasteiger partial charge in [-0.1, -0.05) is 57.0 Å². The fourth-order valence-electron chi connectivity index (χ4n) is 3.95. The fraction of sp³-hybridized carbons (Fsp3) is 0.458. The van der Waals surface area contributed by atoms with Crippen LogP contribution in [-0.4, -0.2) is 36.5 Å². The molecule has 1 aromatic heterocycles. The van der Waals surface area contributed by atoms with Gasteiger partial charge in [0.25, 0.3) is 11.8 Å². The van der Waals surface area contributed by atoms with Crippen LogP contribution in [0.5, 0.6) is 0 Å². The summed E-state index contributed by atoms with van der Waals surface area (Å²) in [5.41, 5.74) is 0.860. The van der Waals surface area contributed by atoms with Crippen molar-refractivity contribution in [2.24, 2.45) is 11.8 Å². The van der Waals surface area contributed by atoms with E-state index in [2.05, 4.69) is 24.5 Å². The van der Waals surface area contributed by atoms with Gasteiger partial charge in [-0.15, -0.1) is 0 Å². The van der Waals surface area contributed by atoms with Gasteiger partial charge in [-0.3, -0.25) is 9.59 Å². The molecule has 1 fully saturated rings. The number of carbonyl (C=O) groups excluding carboxylic acids is 3. The van der Waals surface area contributed by atoms with E-state index in [1.165, 1.54) is 18.8 Å². The molecule has 7 nitrogen and oxygen atoms in total. The molecule has 2 N–H and O–H groups in total. The number of ether oxygens (including phenoxy) is 1. The van der Waals surface area contributed by atoms with E-state index in [1.54, 1.807) is 6.07 Å². The van der Waals surface area contributed by atoms with Gasteiger partial charge in [0, 0.05) is 12.5 Å². The van der Waals surface area contributed by atoms with Crippen molar-refractivity contribution >= 4 is 17.8 Å². The van der Waals surface area contributed by atoms with Gasteiger partial charge in [0.05, 0.1) is 6.26 Å². The summed E-state index contributed by atoms with van der Waals surface area (Å²) in [7, 11) is 0. The summed E-state index contributed by atoms with van der Waals surface area (Å²) in [5.74, 6) is -0.471. The maximum Gasteiger partial charge on any atom is 0.329 e. The fourth-order valence-corrected chi connectivity index (χ4v) is 3.95. The third-order valence-electron chi connectivity index (χ3n) is 6.02. The molecule has 166 valence electrons. The summed E-state index contributed by atoms with van der Waals surface area (Å²) in [6.45, 7) is 3.96. The topological polar surface area (TPSA) is 97.6 Å². The highest BCUT2D eigenvalue weighted by molar-refractivity contribution is 5.94. The van der Waals surface area contributed by atoms with Crippen molar-refractivity contribution in [1.82, 2.24) is 10.6 Å². The Morgan fingerprint density at radius 2 is 1.87 bits per heavy atom. The van der Waals surface area contributed by atoms with Crippen LogP contribution in [0.1, 0.15) is 49.2 Å². The SMILES string of the molecule is C[C@H]1[C@H](C)CCC[C@H]1NC(=O)COC(=O)[C@H](Cc1ccccc1)NC(=O)c1ccco1. The lowest BCUT2D eigenvalue weighted by Crippen LogP contribution is -2.47. The van der Waals surface area contributed by atoms with E-state index >= 15 is 0 Å². The number of carbonyl (C=O) groups is 3. The maximum absolute atomic E-state index is 12.7. The molecule has 0 spiro atoms. The molecular formula is C24H30N2O5. The zero-order chi connectivity index (χ0) is 22.2. The van der Waals surface area contributed by atoms with Gasteiger partial charge in [-0.2, -0.15) is 0 Å². The molecule has 0 bridgehead atoms. The highest BCUT2D eigenvalue weighted by Crippen LogP contribution is 2.29. The predicted octanol–water partition coefficient (Wildman–Crippen LogP) is 3.10. The summed E-state index contributed by atoms with van der Waals surface area (Å²) in [4.78, 5) is 37.5. The summed E-state index contributed by atoms with van der Waals surface area (Å²) in [6, 6.07) is 11.6. The Labute approximate surface area is 182 Å². The highest BCUT2D eigenvalue weighted by atomic mass is 16.5. The molecule has 0 saturated heterocycles. The Hall–Kier alpha value is -3.09. The molecule has 1 aromatic carbocycles. The number of nitrogens with one attached hydrogen (secondary N) is 2. The Balaban J connectivity index is 1.58. The van der Waals surface area contributed by atoms with Crippen LogP contribution < -0.4 is 10.6 Å². The first-order valence-corrected chi connectivity index (χ1v) is 10.8. The van der Waals surface area contributed by atoms with E-state index in [0.29, 0.717) is 11.8 Å². The normalized spacial score (nSPS) is 21.7. The monoisotopic (exact) mass is 426 g/mol. The van der Waals surface area contributed by atoms with Crippen molar-refractivity contribution in [3.8, 4) is 0 Å². The highest BCUT2D eigenvalue weighted by Gasteiger charge is 2.29. The number of amides is 2. The average Bonchev–Trinajstić information content (AvgIpc) is 3.31. The van der Waals surface area contributed by atoms with E-state index in [4.69, 9.17) is 9.15 Å². The Bertz CT molecular complexity index is 865. The van der Waals surface area contributed by atoms with E-state index < -0.39 is 17.9 Å². The van der Waals surface area contributed by atoms with Gasteiger partial charge in [-0.05, 0) is 36.0 Å². The minimum absolute atomic E-state index is 0.0914. The molecule has 1 heterocycles. The Morgan fingerprint density at radius 1 is 1.10 bits per heavy atom. The minimum atomic E-state index is -0.943. The minimum Gasteiger partial charge on any atom is -0.459 e. The number of hydrogen-bond donors (Lipinski definition) is 2. The molecule has 0 radical (unpaired) electrons. The van der Waals surface area contributed by atoms with Gasteiger partial charge in [0.15, 0.2) is 12.4 Å². The maximum atomic E-state index is 12.7. The molecule has 0 aliphatic heterocycles. The van der Waals surface area contributed by atoms with Crippen LogP contribution in [0.15, 0.2) is 53.1 Å². The Morgan fingerprint density at radius 3 is 2.58 bits per heavy atom. The van der Waals surface area contributed by atoms with Crippen LogP contribution in [0.3, 0.4) is 0 Å². The van der Waals surface area contributed by atoms with Crippen molar-refractivity contribution < 1.29 is 23.5 Å². The zero-order valence-corrected chi connectivity index (χ0v) is 18.0. The lowest BCUT2D eigenvalue weighted by molar-refractivity contribution is -0.150. The van der Waals surface area contributed by atoms with E-state index in [9.17, 15) is 14.4 Å². The van der Waals surface area contributed by atoms with Crippen LogP contribution in [-0.2, 0) is 20.7 Å². The quantitative estimate of drug-likeness (QED) is 0.632. The van der Waals surface area contributed by atoms with Crippen molar-refractivity contribution in [1.29, 1.82) is 0 Å². The van der Waals surface area contributed by atoms with Crippen LogP contribution in [0, 0.1) is 11.8 Å². The molecule has 0 unspecified atom stereocenters. The van der Waals surface area contributed by atoms with Crippen molar-refractivity contribution in [3.05, 3.63) is 60.1 Å². The molecule has 3 rings (SSSR count). The lowest BCUT2D eigenvalue weighted by Gasteiger charge is -2.34. The van der Waals surface area contributed by atoms with Crippen molar-refractivity contribution in [2.45, 2.75) is 51.6 Å². The molecule has 1 saturated carbocycles. The van der Waals surface area contributed by atoms with E-state index in [0.717, 1.165) is 18.4 Å². The lowest BCUT2D eigenvalue weighted by atomic mass is 9.78. The summed E-state index contributed by atoms with van der Waals surface area (Å²) in [6.07, 6.45) is 4.80. The average molecular weight is 427 g/mol. The molecule has 1 aliphatic carbocycles. The number of rotatable bonds is 8. The number of hydrogen-bond acceptors (Lipinski definition) is 5. The zero-order valence-electron chi connectivity index (χ0n) is 18.0. The molecule has 2 amide bonds. The number of esters is 1. The first-order chi connectivity index (χ1) is 14.9. The van der Waals surface area contributed by atoms with Crippen molar-refractivity contribution in [2.75, 3.05) is 6.61 Å². The molecule has 4 atom stereocenters. The van der Waals surface area contributed by atoms with Crippen LogP contribution >= 0.6 is 0 Å². The van der Waals surface area contributed by atoms with E-state index in [-0.39, 0.29) is 30.7 Å². The van der Waals surface area contributed by atoms with Gasteiger partial charge in [0.1, 0.15) is 6.04 Å². The Kier molecular flexibility index (Phi) is 7.87. The molecule has 2 aromatic rings. The molecule has 7 heteroatoms. The molecule has 31 heavy (non-hydrogen) atoms. The predicted molar refractivity (Wildman–Crippen MR) is 115 cm³/mol. The molecule has 1 aliphatic rings. The van der Waals surface area contributed by atoms with Crippen LogP contribution in [0.25, 0.3) is 0 Å². The van der Waals surface area contributed by atoms with Gasteiger partial charge < -0.3 is 19.8 Å². The smallest absolute Gasteiger partial charge is 0.329 e. The summed E-state index contributed by atoms with van der Waals surface area (Å²) < 4.78 is 10.4. The summed E-state index contributed by atoms with van der Waals surface area (Å²) in [5, 5.41) is 5.63. The third-order valence-corrected chi connectivity index (χ3v) is 6.02. The van der Waals surface area contributed by atoms with E-state index in [1.807, 2.05) is 30.3 Å². The van der Waals surface area contributed by atoms with Gasteiger partial charge >= 0.3 is 5.97 Å².